The molecule has 1 aliphatic heterocycles. The average molecular weight is 379 g/mol. The molecule has 0 atom stereocenters. The van der Waals surface area contributed by atoms with E-state index in [9.17, 15) is 9.59 Å². The van der Waals surface area contributed by atoms with Gasteiger partial charge in [-0.3, -0.25) is 9.78 Å². The quantitative estimate of drug-likeness (QED) is 0.739. The highest BCUT2D eigenvalue weighted by Crippen LogP contribution is 2.24. The lowest BCUT2D eigenvalue weighted by molar-refractivity contribution is 0.102. The molecule has 3 amide bonds. The van der Waals surface area contributed by atoms with Gasteiger partial charge in [0.05, 0.1) is 5.56 Å². The molecular formula is C20H21N5O3. The summed E-state index contributed by atoms with van der Waals surface area (Å²) < 4.78 is 5.52. The summed E-state index contributed by atoms with van der Waals surface area (Å²) in [5, 5.41) is 2.91. The maximum atomic E-state index is 12.9. The van der Waals surface area contributed by atoms with Gasteiger partial charge in [0.15, 0.2) is 11.5 Å². The summed E-state index contributed by atoms with van der Waals surface area (Å²) in [6.45, 7) is 2.80. The van der Waals surface area contributed by atoms with E-state index in [2.05, 4.69) is 15.3 Å². The van der Waals surface area contributed by atoms with E-state index >= 15 is 0 Å². The zero-order valence-corrected chi connectivity index (χ0v) is 16.0. The largest absolute Gasteiger partial charge is 0.441 e. The van der Waals surface area contributed by atoms with Crippen LogP contribution in [0.15, 0.2) is 35.0 Å². The average Bonchev–Trinajstić information content (AvgIpc) is 3.05. The van der Waals surface area contributed by atoms with E-state index < -0.39 is 0 Å². The van der Waals surface area contributed by atoms with Crippen LogP contribution in [0.1, 0.15) is 27.4 Å². The minimum atomic E-state index is -0.229. The van der Waals surface area contributed by atoms with Gasteiger partial charge in [0.1, 0.15) is 5.52 Å². The number of oxazole rings is 1. The van der Waals surface area contributed by atoms with Gasteiger partial charge in [-0.25, -0.2) is 9.78 Å². The molecule has 0 aliphatic carbocycles. The number of aromatic nitrogens is 2. The molecule has 1 N–H and O–H groups in total. The van der Waals surface area contributed by atoms with Gasteiger partial charge in [-0.2, -0.15) is 0 Å². The molecule has 4 rings (SSSR count). The zero-order chi connectivity index (χ0) is 19.8. The number of carbonyl (C=O) groups excluding carboxylic acids is 2. The van der Waals surface area contributed by atoms with Crippen molar-refractivity contribution in [2.75, 3.05) is 26.0 Å². The van der Waals surface area contributed by atoms with Crippen LogP contribution in [0, 0.1) is 6.92 Å². The topological polar surface area (TPSA) is 91.6 Å². The third kappa shape index (κ3) is 3.28. The molecule has 28 heavy (non-hydrogen) atoms. The van der Waals surface area contributed by atoms with Gasteiger partial charge in [0, 0.05) is 58.3 Å². The molecule has 0 unspecified atom stereocenters. The summed E-state index contributed by atoms with van der Waals surface area (Å²) in [6, 6.07) is 5.32. The number of hydrogen-bond donors (Lipinski definition) is 1. The molecule has 144 valence electrons. The number of pyridine rings is 1. The molecule has 0 bridgehead atoms. The van der Waals surface area contributed by atoms with Crippen molar-refractivity contribution in [1.29, 1.82) is 0 Å². The summed E-state index contributed by atoms with van der Waals surface area (Å²) in [7, 11) is 3.46. The molecule has 0 fully saturated rings. The van der Waals surface area contributed by atoms with Crippen LogP contribution in [0.25, 0.3) is 11.1 Å². The fourth-order valence-electron chi connectivity index (χ4n) is 3.45. The Hall–Kier alpha value is -3.42. The maximum Gasteiger partial charge on any atom is 0.319 e. The van der Waals surface area contributed by atoms with Crippen LogP contribution in [-0.2, 0) is 13.0 Å². The first-order chi connectivity index (χ1) is 13.4. The number of benzene rings is 1. The van der Waals surface area contributed by atoms with Gasteiger partial charge in [-0.05, 0) is 29.7 Å². The Kier molecular flexibility index (Phi) is 4.46. The van der Waals surface area contributed by atoms with Gasteiger partial charge >= 0.3 is 6.03 Å². The highest BCUT2D eigenvalue weighted by molar-refractivity contribution is 6.06. The van der Waals surface area contributed by atoms with E-state index in [4.69, 9.17) is 4.42 Å². The zero-order valence-electron chi connectivity index (χ0n) is 16.0. The Morgan fingerprint density at radius 2 is 2.07 bits per heavy atom. The molecule has 0 saturated carbocycles. The molecule has 2 aromatic heterocycles. The number of fused-ring (bicyclic) bond motifs is 2. The number of anilines is 1. The molecule has 3 heterocycles. The minimum Gasteiger partial charge on any atom is -0.441 e. The van der Waals surface area contributed by atoms with E-state index in [1.165, 1.54) is 0 Å². The molecule has 0 saturated heterocycles. The van der Waals surface area contributed by atoms with Gasteiger partial charge in [-0.1, -0.05) is 0 Å². The normalized spacial score (nSPS) is 13.3. The smallest absolute Gasteiger partial charge is 0.319 e. The second-order valence-electron chi connectivity index (χ2n) is 7.04. The lowest BCUT2D eigenvalue weighted by Crippen LogP contribution is -2.42. The number of aryl methyl sites for hydroxylation is 1. The SMILES string of the molecule is Cc1nc2ccc(NC(=O)c3cncc4c3CCN(C(=O)N(C)C)C4)cc2o1. The first-order valence-corrected chi connectivity index (χ1v) is 9.03. The highest BCUT2D eigenvalue weighted by atomic mass is 16.3. The highest BCUT2D eigenvalue weighted by Gasteiger charge is 2.25. The molecule has 1 aromatic carbocycles. The fourth-order valence-corrected chi connectivity index (χ4v) is 3.45. The van der Waals surface area contributed by atoms with Crippen LogP contribution in [0.5, 0.6) is 0 Å². The van der Waals surface area contributed by atoms with Crippen LogP contribution in [0.3, 0.4) is 0 Å². The Bertz CT molecular complexity index is 1070. The van der Waals surface area contributed by atoms with Gasteiger partial charge < -0.3 is 19.5 Å². The molecule has 0 radical (unpaired) electrons. The molecule has 0 spiro atoms. The number of carbonyl (C=O) groups is 2. The van der Waals surface area contributed by atoms with Crippen molar-refractivity contribution in [1.82, 2.24) is 19.8 Å². The Labute approximate surface area is 162 Å². The van der Waals surface area contributed by atoms with Crippen molar-refractivity contribution < 1.29 is 14.0 Å². The van der Waals surface area contributed by atoms with E-state index in [1.54, 1.807) is 55.3 Å². The Morgan fingerprint density at radius 3 is 2.86 bits per heavy atom. The molecule has 1 aliphatic rings. The van der Waals surface area contributed by atoms with E-state index in [0.29, 0.717) is 42.2 Å². The van der Waals surface area contributed by atoms with Crippen molar-refractivity contribution in [2.45, 2.75) is 19.9 Å². The second kappa shape index (κ2) is 6.95. The first kappa shape index (κ1) is 18.0. The third-order valence-electron chi connectivity index (χ3n) is 4.79. The predicted molar refractivity (Wildman–Crippen MR) is 104 cm³/mol. The number of nitrogens with zero attached hydrogens (tertiary/aromatic N) is 4. The fraction of sp³-hybridized carbons (Fsp3) is 0.300. The molecular weight excluding hydrogens is 358 g/mol. The first-order valence-electron chi connectivity index (χ1n) is 9.03. The van der Waals surface area contributed by atoms with Crippen LogP contribution < -0.4 is 5.32 Å². The van der Waals surface area contributed by atoms with Crippen LogP contribution in [0.4, 0.5) is 10.5 Å². The second-order valence-corrected chi connectivity index (χ2v) is 7.04. The monoisotopic (exact) mass is 379 g/mol. The lowest BCUT2D eigenvalue weighted by Gasteiger charge is -2.31. The van der Waals surface area contributed by atoms with Crippen molar-refractivity contribution in [2.24, 2.45) is 0 Å². The Balaban J connectivity index is 1.57. The number of amides is 3. The van der Waals surface area contributed by atoms with Crippen molar-refractivity contribution in [3.05, 3.63) is 53.2 Å². The summed E-state index contributed by atoms with van der Waals surface area (Å²) in [4.78, 5) is 36.9. The maximum absolute atomic E-state index is 12.9. The van der Waals surface area contributed by atoms with Crippen LogP contribution in [-0.4, -0.2) is 52.3 Å². The van der Waals surface area contributed by atoms with Crippen LogP contribution in [0.2, 0.25) is 0 Å². The molecule has 8 heteroatoms. The van der Waals surface area contributed by atoms with Crippen molar-refractivity contribution in [3.8, 4) is 0 Å². The summed E-state index contributed by atoms with van der Waals surface area (Å²) >= 11 is 0. The molecule has 3 aromatic rings. The summed E-state index contributed by atoms with van der Waals surface area (Å²) in [6.07, 6.45) is 3.92. The minimum absolute atomic E-state index is 0.0452. The number of rotatable bonds is 2. The lowest BCUT2D eigenvalue weighted by atomic mass is 9.97. The van der Waals surface area contributed by atoms with E-state index in [1.807, 2.05) is 6.07 Å². The number of nitrogens with one attached hydrogen (secondary N) is 1. The van der Waals surface area contributed by atoms with Gasteiger partial charge in [0.25, 0.3) is 5.91 Å². The third-order valence-corrected chi connectivity index (χ3v) is 4.79. The predicted octanol–water partition coefficient (Wildman–Crippen LogP) is 2.82. The van der Waals surface area contributed by atoms with Crippen molar-refractivity contribution >= 4 is 28.7 Å². The standard InChI is InChI=1S/C20H21N5O3/c1-12-22-17-5-4-14(8-18(17)28-12)23-19(26)16-10-21-9-13-11-25(7-6-15(13)16)20(27)24(2)3/h4-5,8-10H,6-7,11H2,1-3H3,(H,23,26). The summed E-state index contributed by atoms with van der Waals surface area (Å²) in [5.74, 6) is 0.351. The van der Waals surface area contributed by atoms with E-state index in [0.717, 1.165) is 16.6 Å². The Morgan fingerprint density at radius 1 is 1.25 bits per heavy atom. The number of hydrogen-bond acceptors (Lipinski definition) is 5. The van der Waals surface area contributed by atoms with Gasteiger partial charge in [-0.15, -0.1) is 0 Å². The molecule has 8 nitrogen and oxygen atoms in total. The van der Waals surface area contributed by atoms with E-state index in [-0.39, 0.29) is 11.9 Å². The summed E-state index contributed by atoms with van der Waals surface area (Å²) in [5.41, 5.74) is 4.37. The van der Waals surface area contributed by atoms with Gasteiger partial charge in [0.2, 0.25) is 0 Å². The van der Waals surface area contributed by atoms with Crippen molar-refractivity contribution in [3.63, 3.8) is 0 Å². The van der Waals surface area contributed by atoms with Crippen LogP contribution >= 0.6 is 0 Å². The number of urea groups is 1.